The average molecular weight is 327 g/mol. The van der Waals surface area contributed by atoms with Crippen molar-refractivity contribution in [1.29, 1.82) is 5.26 Å². The van der Waals surface area contributed by atoms with Gasteiger partial charge in [0.1, 0.15) is 17.3 Å². The molecule has 0 atom stereocenters. The van der Waals surface area contributed by atoms with Crippen molar-refractivity contribution in [2.45, 2.75) is 45.2 Å². The maximum absolute atomic E-state index is 12.4. The Morgan fingerprint density at radius 2 is 2.09 bits per heavy atom. The van der Waals surface area contributed by atoms with Gasteiger partial charge in [-0.1, -0.05) is 19.1 Å². The van der Waals surface area contributed by atoms with Crippen molar-refractivity contribution in [3.8, 4) is 6.07 Å². The van der Waals surface area contributed by atoms with Gasteiger partial charge in [0.15, 0.2) is 0 Å². The van der Waals surface area contributed by atoms with Gasteiger partial charge in [-0.2, -0.15) is 5.26 Å². The molecule has 1 aliphatic heterocycles. The lowest BCUT2D eigenvalue weighted by Crippen LogP contribution is -2.64. The first-order valence-corrected chi connectivity index (χ1v) is 8.44. The molecule has 1 fully saturated rings. The highest BCUT2D eigenvalue weighted by Crippen LogP contribution is 2.43. The number of anilines is 1. The van der Waals surface area contributed by atoms with E-state index in [4.69, 9.17) is 0 Å². The van der Waals surface area contributed by atoms with Crippen LogP contribution >= 0.6 is 12.6 Å². The van der Waals surface area contributed by atoms with E-state index in [1.165, 1.54) is 0 Å². The highest BCUT2D eigenvalue weighted by molar-refractivity contribution is 7.84. The average Bonchev–Trinajstić information content (AvgIpc) is 2.50. The van der Waals surface area contributed by atoms with E-state index in [-0.39, 0.29) is 11.5 Å². The molecule has 0 bridgehead atoms. The van der Waals surface area contributed by atoms with E-state index in [9.17, 15) is 10.1 Å². The molecule has 120 valence electrons. The molecule has 1 heterocycles. The van der Waals surface area contributed by atoms with Gasteiger partial charge in [0.2, 0.25) is 0 Å². The molecule has 0 unspecified atom stereocenters. The van der Waals surface area contributed by atoms with Crippen molar-refractivity contribution >= 4 is 24.2 Å². The topological polar surface area (TPSA) is 56.1 Å². The third-order valence-corrected chi connectivity index (χ3v) is 5.33. The Labute approximate surface area is 142 Å². The lowest BCUT2D eigenvalue weighted by Gasteiger charge is -2.51. The number of nitrogens with zero attached hydrogens (tertiary/aromatic N) is 2. The summed E-state index contributed by atoms with van der Waals surface area (Å²) in [7, 11) is 0. The first-order valence-electron chi connectivity index (χ1n) is 7.99. The Morgan fingerprint density at radius 3 is 2.70 bits per heavy atom. The van der Waals surface area contributed by atoms with Crippen LogP contribution < -0.4 is 10.2 Å². The maximum atomic E-state index is 12.4. The van der Waals surface area contributed by atoms with Gasteiger partial charge in [-0.15, -0.1) is 12.6 Å². The van der Waals surface area contributed by atoms with Crippen molar-refractivity contribution < 1.29 is 4.79 Å². The van der Waals surface area contributed by atoms with Gasteiger partial charge in [-0.25, -0.2) is 0 Å². The van der Waals surface area contributed by atoms with Gasteiger partial charge in [0, 0.05) is 5.69 Å². The van der Waals surface area contributed by atoms with Gasteiger partial charge in [0.05, 0.1) is 5.03 Å². The summed E-state index contributed by atoms with van der Waals surface area (Å²) in [5, 5.41) is 12.9. The van der Waals surface area contributed by atoms with Crippen LogP contribution in [-0.4, -0.2) is 11.6 Å². The number of hydrogen-bond acceptors (Lipinski definition) is 4. The van der Waals surface area contributed by atoms with Crippen LogP contribution in [0, 0.1) is 24.2 Å². The number of thiol groups is 1. The second-order valence-electron chi connectivity index (χ2n) is 6.65. The SMILES string of the molecule is Cc1cccc(N2C(S)=C(C#N)C(=O)NC23CCC(C)CC3)c1. The number of carbonyl (C=O) groups excluding carboxylic acids is 1. The standard InChI is InChI=1S/C18H21N3OS/c1-12-6-8-18(9-7-12)20-16(22)15(11-19)17(23)21(18)14-5-3-4-13(2)10-14/h3-5,10,12,23H,6-9H2,1-2H3,(H,20,22). The van der Waals surface area contributed by atoms with Crippen LogP contribution in [0.1, 0.15) is 38.2 Å². The molecular weight excluding hydrogens is 306 g/mol. The predicted molar refractivity (Wildman–Crippen MR) is 93.8 cm³/mol. The molecule has 1 saturated carbocycles. The molecule has 0 saturated heterocycles. The lowest BCUT2D eigenvalue weighted by atomic mass is 9.80. The molecule has 1 aliphatic carbocycles. The predicted octanol–water partition coefficient (Wildman–Crippen LogP) is 3.50. The van der Waals surface area contributed by atoms with Gasteiger partial charge in [0.25, 0.3) is 5.91 Å². The fraction of sp³-hybridized carbons (Fsp3) is 0.444. The molecule has 1 amide bonds. The first kappa shape index (κ1) is 15.9. The molecule has 1 N–H and O–H groups in total. The third kappa shape index (κ3) is 2.72. The van der Waals surface area contributed by atoms with E-state index in [1.54, 1.807) is 0 Å². The zero-order chi connectivity index (χ0) is 16.6. The van der Waals surface area contributed by atoms with Gasteiger partial charge < -0.3 is 10.2 Å². The minimum atomic E-state index is -0.477. The van der Waals surface area contributed by atoms with Crippen LogP contribution in [0.5, 0.6) is 0 Å². The summed E-state index contributed by atoms with van der Waals surface area (Å²) in [4.78, 5) is 14.4. The van der Waals surface area contributed by atoms with Crippen LogP contribution in [0.2, 0.25) is 0 Å². The number of nitriles is 1. The van der Waals surface area contributed by atoms with Crippen LogP contribution in [0.15, 0.2) is 34.9 Å². The van der Waals surface area contributed by atoms with Crippen molar-refractivity contribution in [1.82, 2.24) is 5.32 Å². The Bertz CT molecular complexity index is 711. The molecule has 3 rings (SSSR count). The number of amides is 1. The number of aryl methyl sites for hydroxylation is 1. The van der Waals surface area contributed by atoms with Crippen molar-refractivity contribution in [2.75, 3.05) is 4.90 Å². The third-order valence-electron chi connectivity index (χ3n) is 4.91. The molecular formula is C18H21N3OS. The van der Waals surface area contributed by atoms with E-state index in [2.05, 4.69) is 35.8 Å². The second-order valence-corrected chi connectivity index (χ2v) is 7.08. The summed E-state index contributed by atoms with van der Waals surface area (Å²) in [6, 6.07) is 10.1. The Kier molecular flexibility index (Phi) is 4.11. The van der Waals surface area contributed by atoms with Crippen LogP contribution in [0.4, 0.5) is 5.69 Å². The molecule has 4 nitrogen and oxygen atoms in total. The number of nitrogens with one attached hydrogen (secondary N) is 1. The number of rotatable bonds is 1. The van der Waals surface area contributed by atoms with Crippen LogP contribution in [0.3, 0.4) is 0 Å². The second kappa shape index (κ2) is 5.93. The number of carbonyl (C=O) groups is 1. The molecule has 1 aromatic carbocycles. The van der Waals surface area contributed by atoms with E-state index in [0.29, 0.717) is 10.9 Å². The summed E-state index contributed by atoms with van der Waals surface area (Å²) < 4.78 is 0. The number of benzene rings is 1. The normalized spacial score (nSPS) is 27.8. The summed E-state index contributed by atoms with van der Waals surface area (Å²) in [5.74, 6) is 0.345. The van der Waals surface area contributed by atoms with Gasteiger partial charge in [-0.3, -0.25) is 4.79 Å². The first-order chi connectivity index (χ1) is 11.0. The van der Waals surface area contributed by atoms with Crippen molar-refractivity contribution in [3.63, 3.8) is 0 Å². The molecule has 0 radical (unpaired) electrons. The largest absolute Gasteiger partial charge is 0.328 e. The summed E-state index contributed by atoms with van der Waals surface area (Å²) in [6.45, 7) is 4.28. The van der Waals surface area contributed by atoms with Crippen molar-refractivity contribution in [3.05, 3.63) is 40.4 Å². The molecule has 23 heavy (non-hydrogen) atoms. The van der Waals surface area contributed by atoms with Gasteiger partial charge >= 0.3 is 0 Å². The van der Waals surface area contributed by atoms with Crippen LogP contribution in [0.25, 0.3) is 0 Å². The number of hydrogen-bond donors (Lipinski definition) is 2. The van der Waals surface area contributed by atoms with Crippen molar-refractivity contribution in [2.24, 2.45) is 5.92 Å². The summed E-state index contributed by atoms with van der Waals surface area (Å²) in [6.07, 6.45) is 3.81. The van der Waals surface area contributed by atoms with E-state index >= 15 is 0 Å². The van der Waals surface area contributed by atoms with E-state index in [1.807, 2.05) is 31.2 Å². The smallest absolute Gasteiger partial charge is 0.266 e. The highest BCUT2D eigenvalue weighted by Gasteiger charge is 2.46. The molecule has 0 aromatic heterocycles. The Balaban J connectivity index is 2.14. The molecule has 5 heteroatoms. The van der Waals surface area contributed by atoms with Gasteiger partial charge in [-0.05, 0) is 56.2 Å². The minimum Gasteiger partial charge on any atom is -0.328 e. The molecule has 2 aliphatic rings. The zero-order valence-corrected chi connectivity index (χ0v) is 14.4. The Hall–Kier alpha value is -1.93. The summed E-state index contributed by atoms with van der Waals surface area (Å²) in [5.41, 5.74) is 1.71. The minimum absolute atomic E-state index is 0.0825. The van der Waals surface area contributed by atoms with E-state index < -0.39 is 5.66 Å². The summed E-state index contributed by atoms with van der Waals surface area (Å²) >= 11 is 4.57. The maximum Gasteiger partial charge on any atom is 0.266 e. The molecule has 1 aromatic rings. The quantitative estimate of drug-likeness (QED) is 0.776. The monoisotopic (exact) mass is 327 g/mol. The highest BCUT2D eigenvalue weighted by atomic mass is 32.1. The Morgan fingerprint density at radius 1 is 1.39 bits per heavy atom. The lowest BCUT2D eigenvalue weighted by molar-refractivity contribution is -0.120. The molecule has 1 spiro atoms. The fourth-order valence-corrected chi connectivity index (χ4v) is 4.03. The van der Waals surface area contributed by atoms with Crippen LogP contribution in [-0.2, 0) is 4.79 Å². The fourth-order valence-electron chi connectivity index (χ4n) is 3.57. The van der Waals surface area contributed by atoms with E-state index in [0.717, 1.165) is 36.9 Å². The zero-order valence-electron chi connectivity index (χ0n) is 13.5.